The predicted molar refractivity (Wildman–Crippen MR) is 116 cm³/mol. The summed E-state index contributed by atoms with van der Waals surface area (Å²) in [5.41, 5.74) is 3.95. The van der Waals surface area contributed by atoms with Gasteiger partial charge < -0.3 is 31.1 Å². The molecule has 32 heavy (non-hydrogen) atoms. The zero-order valence-electron chi connectivity index (χ0n) is 18.3. The number of rotatable bonds is 6. The zero-order chi connectivity index (χ0) is 21.8. The molecule has 2 N–H and O–H groups in total. The van der Waals surface area contributed by atoms with Gasteiger partial charge in [0.15, 0.2) is 5.69 Å². The Morgan fingerprint density at radius 2 is 2.22 bits per heavy atom. The fourth-order valence-corrected chi connectivity index (χ4v) is 3.24. The van der Waals surface area contributed by atoms with E-state index in [9.17, 15) is 9.59 Å². The van der Waals surface area contributed by atoms with Gasteiger partial charge in [-0.1, -0.05) is 12.1 Å². The van der Waals surface area contributed by atoms with Crippen LogP contribution < -0.4 is 62.0 Å². The van der Waals surface area contributed by atoms with Crippen LogP contribution in [-0.4, -0.2) is 47.0 Å². The van der Waals surface area contributed by atoms with E-state index in [-0.39, 0.29) is 69.0 Å². The number of pyridine rings is 1. The molecule has 4 rings (SSSR count). The number of hydrogen-bond acceptors (Lipinski definition) is 6. The Hall–Kier alpha value is -2.30. The Balaban J connectivity index is 0.00000289. The summed E-state index contributed by atoms with van der Waals surface area (Å²) in [6, 6.07) is 9.23. The quantitative estimate of drug-likeness (QED) is 0.198. The Bertz CT molecular complexity index is 1130. The first-order valence-electron chi connectivity index (χ1n) is 9.89. The second-order valence-electron chi connectivity index (χ2n) is 7.31. The van der Waals surface area contributed by atoms with E-state index in [0.29, 0.717) is 24.3 Å². The Labute approximate surface area is 229 Å². The number of cyclic esters (lactones) is 1. The molecule has 1 amide bonds. The van der Waals surface area contributed by atoms with Crippen LogP contribution >= 0.6 is 0 Å². The summed E-state index contributed by atoms with van der Waals surface area (Å²) >= 11 is 0. The van der Waals surface area contributed by atoms with Crippen molar-refractivity contribution in [2.75, 3.05) is 19.0 Å². The minimum atomic E-state index is -0.448. The second kappa shape index (κ2) is 11.0. The van der Waals surface area contributed by atoms with Gasteiger partial charge in [-0.05, 0) is 36.2 Å². The largest absolute Gasteiger partial charge is 1.00 e. The summed E-state index contributed by atoms with van der Waals surface area (Å²) in [5, 5.41) is 6.03. The van der Waals surface area contributed by atoms with Gasteiger partial charge in [-0.25, -0.2) is 9.78 Å². The predicted octanol–water partition coefficient (Wildman–Crippen LogP) is -0.695. The third kappa shape index (κ3) is 5.93. The summed E-state index contributed by atoms with van der Waals surface area (Å²) in [4.78, 5) is 32.7. The van der Waals surface area contributed by atoms with Gasteiger partial charge in [-0.2, -0.15) is 0 Å². The summed E-state index contributed by atoms with van der Waals surface area (Å²) in [6.07, 6.45) is 8.41. The molecular formula is C23H22KN5O3. The first-order valence-corrected chi connectivity index (χ1v) is 9.89. The standard InChI is InChI=1S/C23H22N5O3.K/c1-15(24-7-8-25-20-13-28(2)14-20)16-4-3-5-19(11-16)27-22(29)18-10-17-6-9-31-23(30)21(17)26-12-18;/h3-5,8,10-15,24H,6,9H2,1-2H3,(H,27,29);/q-1;+1. The summed E-state index contributed by atoms with van der Waals surface area (Å²) in [6.45, 7) is 4.21. The monoisotopic (exact) mass is 455 g/mol. The number of aliphatic imine (C=N–C) groups is 1. The van der Waals surface area contributed by atoms with Crippen LogP contribution in [-0.2, 0) is 11.2 Å². The van der Waals surface area contributed by atoms with Gasteiger partial charge in [-0.15, -0.1) is 6.20 Å². The molecule has 1 unspecified atom stereocenters. The number of amides is 1. The Morgan fingerprint density at radius 3 is 3.00 bits per heavy atom. The number of carbonyl (C=O) groups is 2. The first-order chi connectivity index (χ1) is 15.0. The SMILES string of the molecule is CC(N[C-]=CN=C1C=[N+](C)[CH-]1)c1cccc(NC(=O)c2cnc3c(c2)CCOC3=O)c1.[K+]. The molecular weight excluding hydrogens is 433 g/mol. The number of nitrogens with one attached hydrogen (secondary N) is 2. The van der Waals surface area contributed by atoms with E-state index in [1.165, 1.54) is 6.20 Å². The van der Waals surface area contributed by atoms with Crippen molar-refractivity contribution in [2.24, 2.45) is 4.99 Å². The van der Waals surface area contributed by atoms with Gasteiger partial charge in [0.1, 0.15) is 7.05 Å². The summed E-state index contributed by atoms with van der Waals surface area (Å²) < 4.78 is 6.90. The summed E-state index contributed by atoms with van der Waals surface area (Å²) in [5.74, 6) is -0.733. The van der Waals surface area contributed by atoms with E-state index in [4.69, 9.17) is 4.74 Å². The molecule has 0 spiro atoms. The Morgan fingerprint density at radius 1 is 1.41 bits per heavy atom. The first kappa shape index (κ1) is 24.3. The van der Waals surface area contributed by atoms with E-state index in [2.05, 4.69) is 26.8 Å². The van der Waals surface area contributed by atoms with Gasteiger partial charge >= 0.3 is 57.4 Å². The molecule has 0 fully saturated rings. The molecule has 1 aromatic carbocycles. The van der Waals surface area contributed by atoms with Gasteiger partial charge in [0.25, 0.3) is 5.91 Å². The number of ether oxygens (including phenoxy) is 1. The molecule has 158 valence electrons. The van der Waals surface area contributed by atoms with Crippen LogP contribution in [0.3, 0.4) is 0 Å². The fraction of sp³-hybridized carbons (Fsp3) is 0.217. The van der Waals surface area contributed by atoms with Gasteiger partial charge in [-0.3, -0.25) is 4.79 Å². The third-order valence-corrected chi connectivity index (χ3v) is 4.92. The molecule has 0 saturated heterocycles. The van der Waals surface area contributed by atoms with Crippen molar-refractivity contribution in [1.29, 1.82) is 0 Å². The number of aromatic nitrogens is 1. The van der Waals surface area contributed by atoms with E-state index in [0.717, 1.165) is 16.8 Å². The minimum absolute atomic E-state index is 0. The average molecular weight is 456 g/mol. The molecule has 1 aromatic heterocycles. The van der Waals surface area contributed by atoms with Gasteiger partial charge in [0, 0.05) is 24.3 Å². The fourth-order valence-electron chi connectivity index (χ4n) is 3.24. The molecule has 0 bridgehead atoms. The van der Waals surface area contributed by atoms with Crippen molar-refractivity contribution in [3.8, 4) is 0 Å². The van der Waals surface area contributed by atoms with Crippen LogP contribution in [0.2, 0.25) is 0 Å². The molecule has 2 aromatic rings. The minimum Gasteiger partial charge on any atom is -0.560 e. The smallest absolute Gasteiger partial charge is 0.560 e. The molecule has 2 aliphatic rings. The van der Waals surface area contributed by atoms with E-state index < -0.39 is 5.97 Å². The molecule has 0 radical (unpaired) electrons. The number of hydrogen-bond donors (Lipinski definition) is 2. The van der Waals surface area contributed by atoms with Crippen molar-refractivity contribution >= 4 is 29.5 Å². The zero-order valence-corrected chi connectivity index (χ0v) is 21.4. The molecule has 9 heteroatoms. The maximum absolute atomic E-state index is 12.7. The van der Waals surface area contributed by atoms with E-state index in [1.54, 1.807) is 12.3 Å². The molecule has 0 saturated carbocycles. The van der Waals surface area contributed by atoms with Crippen molar-refractivity contribution < 1.29 is 70.3 Å². The van der Waals surface area contributed by atoms with Crippen LogP contribution in [0, 0.1) is 12.7 Å². The second-order valence-corrected chi connectivity index (χ2v) is 7.31. The van der Waals surface area contributed by atoms with Gasteiger partial charge in [0.2, 0.25) is 0 Å². The molecule has 0 aliphatic carbocycles. The molecule has 8 nitrogen and oxygen atoms in total. The van der Waals surface area contributed by atoms with Crippen LogP contribution in [0.1, 0.15) is 44.9 Å². The maximum atomic E-state index is 12.7. The van der Waals surface area contributed by atoms with Crippen molar-refractivity contribution in [1.82, 2.24) is 10.3 Å². The molecule has 3 heterocycles. The van der Waals surface area contributed by atoms with Crippen LogP contribution in [0.25, 0.3) is 0 Å². The number of fused-ring (bicyclic) bond motifs is 1. The van der Waals surface area contributed by atoms with E-state index in [1.807, 2.05) is 55.6 Å². The van der Waals surface area contributed by atoms with Crippen LogP contribution in [0.4, 0.5) is 5.69 Å². The number of nitrogens with zero attached hydrogens (tertiary/aromatic N) is 3. The number of esters is 1. The van der Waals surface area contributed by atoms with Gasteiger partial charge in [0.05, 0.1) is 30.6 Å². The van der Waals surface area contributed by atoms with Crippen molar-refractivity contribution in [3.63, 3.8) is 0 Å². The number of anilines is 1. The topological polar surface area (TPSA) is 95.7 Å². The maximum Gasteiger partial charge on any atom is 1.00 e. The molecule has 1 atom stereocenters. The van der Waals surface area contributed by atoms with Crippen LogP contribution in [0.5, 0.6) is 0 Å². The Kier molecular flexibility index (Phi) is 8.38. The number of carbonyl (C=O) groups excluding carboxylic acids is 2. The van der Waals surface area contributed by atoms with Crippen molar-refractivity contribution in [3.05, 3.63) is 77.9 Å². The van der Waals surface area contributed by atoms with Crippen LogP contribution in [0.15, 0.2) is 47.7 Å². The molecule has 2 aliphatic heterocycles. The normalized spacial score (nSPS) is 16.6. The number of benzene rings is 1. The third-order valence-electron chi connectivity index (χ3n) is 4.92. The van der Waals surface area contributed by atoms with E-state index >= 15 is 0 Å². The summed E-state index contributed by atoms with van der Waals surface area (Å²) in [7, 11) is 1.94. The average Bonchev–Trinajstić information content (AvgIpc) is 2.75. The van der Waals surface area contributed by atoms with Crippen molar-refractivity contribution in [2.45, 2.75) is 19.4 Å².